The third-order valence-corrected chi connectivity index (χ3v) is 5.20. The van der Waals surface area contributed by atoms with Crippen LogP contribution in [0.1, 0.15) is 48.0 Å². The molecule has 1 saturated heterocycles. The minimum atomic E-state index is -1.05. The highest BCUT2D eigenvalue weighted by molar-refractivity contribution is 5.80. The van der Waals surface area contributed by atoms with Crippen LogP contribution in [-0.4, -0.2) is 34.5 Å². The molecular formula is C20H22FN3O. The molecule has 1 amide bonds. The average Bonchev–Trinajstić information content (AvgIpc) is 3.39. The van der Waals surface area contributed by atoms with E-state index in [1.165, 1.54) is 18.4 Å². The third kappa shape index (κ3) is 3.29. The number of hydrogen-bond donors (Lipinski definition) is 1. The van der Waals surface area contributed by atoms with E-state index in [0.717, 1.165) is 11.3 Å². The zero-order chi connectivity index (χ0) is 17.4. The highest BCUT2D eigenvalue weighted by Crippen LogP contribution is 2.40. The Bertz CT molecular complexity index is 745. The van der Waals surface area contributed by atoms with Crippen LogP contribution >= 0.6 is 0 Å². The molecule has 1 aliphatic heterocycles. The first kappa shape index (κ1) is 16.2. The number of benzene rings is 1. The summed E-state index contributed by atoms with van der Waals surface area (Å²) < 4.78 is 14.1. The second kappa shape index (κ2) is 6.56. The van der Waals surface area contributed by atoms with Gasteiger partial charge in [-0.3, -0.25) is 14.7 Å². The van der Waals surface area contributed by atoms with E-state index in [2.05, 4.69) is 11.1 Å². The molecule has 0 unspecified atom stereocenters. The summed E-state index contributed by atoms with van der Waals surface area (Å²) in [7, 11) is 0. The van der Waals surface area contributed by atoms with E-state index in [-0.39, 0.29) is 19.0 Å². The van der Waals surface area contributed by atoms with Crippen LogP contribution in [0.5, 0.6) is 0 Å². The highest BCUT2D eigenvalue weighted by Gasteiger charge is 2.41. The predicted octanol–water partition coefficient (Wildman–Crippen LogP) is 2.95. The summed E-state index contributed by atoms with van der Waals surface area (Å²) in [5, 5.41) is 0. The van der Waals surface area contributed by atoms with Crippen molar-refractivity contribution in [2.75, 3.05) is 6.54 Å². The van der Waals surface area contributed by atoms with Gasteiger partial charge in [0.15, 0.2) is 0 Å². The smallest absolute Gasteiger partial charge is 0.234 e. The Balaban J connectivity index is 1.72. The van der Waals surface area contributed by atoms with Crippen molar-refractivity contribution in [1.29, 1.82) is 0 Å². The van der Waals surface area contributed by atoms with Gasteiger partial charge >= 0.3 is 0 Å². The van der Waals surface area contributed by atoms with E-state index in [4.69, 9.17) is 5.73 Å². The van der Waals surface area contributed by atoms with E-state index in [1.807, 2.05) is 47.5 Å². The Morgan fingerprint density at radius 1 is 1.20 bits per heavy atom. The molecule has 1 aromatic carbocycles. The molecule has 2 N–H and O–H groups in total. The van der Waals surface area contributed by atoms with Gasteiger partial charge in [0.25, 0.3) is 0 Å². The second-order valence-corrected chi connectivity index (χ2v) is 7.05. The van der Waals surface area contributed by atoms with Crippen molar-refractivity contribution >= 4 is 5.91 Å². The summed E-state index contributed by atoms with van der Waals surface area (Å²) in [4.78, 5) is 18.4. The van der Waals surface area contributed by atoms with Crippen molar-refractivity contribution in [3.05, 3.63) is 65.5 Å². The molecule has 1 aromatic heterocycles. The number of alkyl halides is 1. The number of halogens is 1. The molecule has 130 valence electrons. The Morgan fingerprint density at radius 2 is 1.96 bits per heavy atom. The van der Waals surface area contributed by atoms with E-state index >= 15 is 0 Å². The topological polar surface area (TPSA) is 59.2 Å². The number of nitrogens with zero attached hydrogens (tertiary/aromatic N) is 2. The van der Waals surface area contributed by atoms with E-state index < -0.39 is 18.1 Å². The number of pyridine rings is 1. The molecule has 25 heavy (non-hydrogen) atoms. The number of nitrogens with two attached hydrogens (primary N) is 1. The number of hydrogen-bond acceptors (Lipinski definition) is 3. The van der Waals surface area contributed by atoms with Crippen molar-refractivity contribution in [3.8, 4) is 0 Å². The number of primary amides is 1. The zero-order valence-corrected chi connectivity index (χ0v) is 14.0. The van der Waals surface area contributed by atoms with Gasteiger partial charge in [-0.05, 0) is 36.0 Å². The third-order valence-electron chi connectivity index (χ3n) is 5.20. The molecule has 5 heteroatoms. The van der Waals surface area contributed by atoms with Crippen molar-refractivity contribution in [2.24, 2.45) is 5.73 Å². The first-order valence-corrected chi connectivity index (χ1v) is 8.83. The molecular weight excluding hydrogens is 317 g/mol. The number of carbonyl (C=O) groups excluding carboxylic acids is 1. The summed E-state index contributed by atoms with van der Waals surface area (Å²) in [6, 6.07) is 13.1. The maximum Gasteiger partial charge on any atom is 0.234 e. The normalized spacial score (nSPS) is 25.0. The Hall–Kier alpha value is -2.27. The number of rotatable bonds is 5. The molecule has 1 aliphatic carbocycles. The quantitative estimate of drug-likeness (QED) is 0.911. The zero-order valence-electron chi connectivity index (χ0n) is 14.0. The van der Waals surface area contributed by atoms with Gasteiger partial charge in [0.05, 0.1) is 17.8 Å². The van der Waals surface area contributed by atoms with Gasteiger partial charge in [0, 0.05) is 19.2 Å². The Labute approximate surface area is 146 Å². The minimum Gasteiger partial charge on any atom is -0.368 e. The largest absolute Gasteiger partial charge is 0.368 e. The van der Waals surface area contributed by atoms with Gasteiger partial charge in [-0.25, -0.2) is 4.39 Å². The van der Waals surface area contributed by atoms with E-state index in [1.54, 1.807) is 0 Å². The van der Waals surface area contributed by atoms with Crippen LogP contribution in [0.4, 0.5) is 4.39 Å². The first-order valence-electron chi connectivity index (χ1n) is 8.83. The molecule has 2 fully saturated rings. The van der Waals surface area contributed by atoms with E-state index in [0.29, 0.717) is 5.92 Å². The molecule has 2 aromatic rings. The van der Waals surface area contributed by atoms with Gasteiger partial charge in [-0.15, -0.1) is 0 Å². The summed E-state index contributed by atoms with van der Waals surface area (Å²) in [5.41, 5.74) is 8.63. The second-order valence-electron chi connectivity index (χ2n) is 7.05. The molecule has 4 nitrogen and oxygen atoms in total. The maximum absolute atomic E-state index is 14.1. The first-order chi connectivity index (χ1) is 12.1. The lowest BCUT2D eigenvalue weighted by Crippen LogP contribution is -2.42. The number of carbonyl (C=O) groups is 1. The summed E-state index contributed by atoms with van der Waals surface area (Å²) in [6.45, 7) is 0.194. The van der Waals surface area contributed by atoms with Crippen LogP contribution in [0.25, 0.3) is 0 Å². The average molecular weight is 339 g/mol. The highest BCUT2D eigenvalue weighted by atomic mass is 19.1. The summed E-state index contributed by atoms with van der Waals surface area (Å²) in [6.07, 6.45) is 3.48. The van der Waals surface area contributed by atoms with E-state index in [9.17, 15) is 9.18 Å². The van der Waals surface area contributed by atoms with Gasteiger partial charge < -0.3 is 5.73 Å². The lowest BCUT2D eigenvalue weighted by Gasteiger charge is -2.31. The molecule has 4 rings (SSSR count). The van der Waals surface area contributed by atoms with Crippen LogP contribution in [0, 0.1) is 0 Å². The van der Waals surface area contributed by atoms with Crippen molar-refractivity contribution in [2.45, 2.75) is 43.4 Å². The van der Waals surface area contributed by atoms with Crippen LogP contribution in [0.3, 0.4) is 0 Å². The molecule has 1 saturated carbocycles. The van der Waals surface area contributed by atoms with Crippen molar-refractivity contribution in [1.82, 2.24) is 9.88 Å². The molecule has 0 radical (unpaired) electrons. The Morgan fingerprint density at radius 3 is 2.56 bits per heavy atom. The van der Waals surface area contributed by atoms with Crippen molar-refractivity contribution in [3.63, 3.8) is 0 Å². The van der Waals surface area contributed by atoms with Crippen LogP contribution < -0.4 is 5.73 Å². The van der Waals surface area contributed by atoms with Gasteiger partial charge in [0.1, 0.15) is 6.17 Å². The molecule has 2 heterocycles. The molecule has 2 aliphatic rings. The number of aromatic nitrogens is 1. The fraction of sp³-hybridized carbons (Fsp3) is 0.400. The number of amides is 1. The molecule has 3 atom stereocenters. The summed E-state index contributed by atoms with van der Waals surface area (Å²) >= 11 is 0. The fourth-order valence-electron chi connectivity index (χ4n) is 3.78. The van der Waals surface area contributed by atoms with Crippen LogP contribution in [-0.2, 0) is 4.79 Å². The van der Waals surface area contributed by atoms with Gasteiger partial charge in [0.2, 0.25) is 5.91 Å². The maximum atomic E-state index is 14.1. The minimum absolute atomic E-state index is 0.152. The molecule has 0 spiro atoms. The summed E-state index contributed by atoms with van der Waals surface area (Å²) in [5.74, 6) is 0.160. The van der Waals surface area contributed by atoms with Crippen LogP contribution in [0.2, 0.25) is 0 Å². The SMILES string of the molecule is NC(=O)[C@H]1C[C@@H](F)CN1[C@H](c1ccccc1)c1ccc(C2CC2)cn1. The lowest BCUT2D eigenvalue weighted by molar-refractivity contribution is -0.122. The predicted molar refractivity (Wildman–Crippen MR) is 93.7 cm³/mol. The standard InChI is InChI=1S/C20H22FN3O/c21-16-10-18(20(22)25)24(12-16)19(14-4-2-1-3-5-14)17-9-8-15(11-23-17)13-6-7-13/h1-5,8-9,11,13,16,18-19H,6-7,10,12H2,(H2,22,25)/t16-,18-,19-/m1/s1. The molecule has 0 bridgehead atoms. The van der Waals surface area contributed by atoms with Crippen molar-refractivity contribution < 1.29 is 9.18 Å². The van der Waals surface area contributed by atoms with Gasteiger partial charge in [-0.1, -0.05) is 36.4 Å². The lowest BCUT2D eigenvalue weighted by atomic mass is 9.99. The number of likely N-dealkylation sites (tertiary alicyclic amines) is 1. The fourth-order valence-corrected chi connectivity index (χ4v) is 3.78. The monoisotopic (exact) mass is 339 g/mol. The van der Waals surface area contributed by atoms with Crippen LogP contribution in [0.15, 0.2) is 48.7 Å². The Kier molecular flexibility index (Phi) is 4.25. The van der Waals surface area contributed by atoms with Gasteiger partial charge in [-0.2, -0.15) is 0 Å².